The fraction of sp³-hybridized carbons (Fsp3) is 0.250. The first kappa shape index (κ1) is 27.1. The van der Waals surface area contributed by atoms with Crippen LogP contribution in [-0.2, 0) is 4.79 Å². The van der Waals surface area contributed by atoms with E-state index >= 15 is 0 Å². The molecular weight excluding hydrogens is 476 g/mol. The van der Waals surface area contributed by atoms with Gasteiger partial charge >= 0.3 is 5.97 Å². The Labute approximate surface area is 216 Å². The number of nitrogens with one attached hydrogen (secondary N) is 1. The van der Waals surface area contributed by atoms with Crippen molar-refractivity contribution in [2.24, 2.45) is 5.10 Å². The van der Waals surface area contributed by atoms with E-state index in [-0.39, 0.29) is 12.4 Å². The topological polar surface area (TPSA) is 105 Å². The largest absolute Gasteiger partial charge is 0.497 e. The quantitative estimate of drug-likeness (QED) is 0.118. The lowest BCUT2D eigenvalue weighted by Gasteiger charge is -2.10. The lowest BCUT2D eigenvalue weighted by atomic mass is 10.2. The molecule has 9 nitrogen and oxygen atoms in total. The Bertz CT molecular complexity index is 1190. The maximum Gasteiger partial charge on any atom is 0.343 e. The third-order valence-corrected chi connectivity index (χ3v) is 5.08. The van der Waals surface area contributed by atoms with Gasteiger partial charge in [0.25, 0.3) is 5.91 Å². The van der Waals surface area contributed by atoms with Gasteiger partial charge in [0, 0.05) is 0 Å². The molecule has 9 heteroatoms. The number of hydrogen-bond acceptors (Lipinski definition) is 8. The van der Waals surface area contributed by atoms with E-state index in [1.54, 1.807) is 73.8 Å². The van der Waals surface area contributed by atoms with E-state index in [1.165, 1.54) is 13.3 Å². The van der Waals surface area contributed by atoms with Crippen LogP contribution in [0, 0.1) is 0 Å². The van der Waals surface area contributed by atoms with Gasteiger partial charge in [0.1, 0.15) is 17.2 Å². The molecule has 0 atom stereocenters. The van der Waals surface area contributed by atoms with Crippen LogP contribution in [0.4, 0.5) is 0 Å². The van der Waals surface area contributed by atoms with Crippen molar-refractivity contribution >= 4 is 18.1 Å². The van der Waals surface area contributed by atoms with Crippen LogP contribution < -0.4 is 29.1 Å². The number of unbranched alkanes of at least 4 members (excludes halogenated alkanes) is 1. The van der Waals surface area contributed by atoms with Crippen molar-refractivity contribution in [2.45, 2.75) is 19.8 Å². The summed E-state index contributed by atoms with van der Waals surface area (Å²) >= 11 is 0. The van der Waals surface area contributed by atoms with Gasteiger partial charge in [0.15, 0.2) is 18.1 Å². The Kier molecular flexibility index (Phi) is 10.3. The third-order valence-electron chi connectivity index (χ3n) is 5.08. The number of hydrazone groups is 1. The number of esters is 1. The van der Waals surface area contributed by atoms with Crippen molar-refractivity contribution in [3.8, 4) is 28.7 Å². The average Bonchev–Trinajstić information content (AvgIpc) is 2.93. The average molecular weight is 507 g/mol. The molecule has 3 rings (SSSR count). The molecule has 0 aliphatic carbocycles. The Morgan fingerprint density at radius 1 is 0.838 bits per heavy atom. The Morgan fingerprint density at radius 3 is 2.19 bits per heavy atom. The highest BCUT2D eigenvalue weighted by atomic mass is 16.6. The predicted molar refractivity (Wildman–Crippen MR) is 139 cm³/mol. The van der Waals surface area contributed by atoms with Gasteiger partial charge in [0.2, 0.25) is 0 Å². The van der Waals surface area contributed by atoms with Crippen LogP contribution in [-0.4, -0.2) is 45.5 Å². The molecule has 0 unspecified atom stereocenters. The van der Waals surface area contributed by atoms with Crippen LogP contribution in [0.1, 0.15) is 35.7 Å². The highest BCUT2D eigenvalue weighted by Crippen LogP contribution is 2.28. The minimum atomic E-state index is -0.524. The molecule has 3 aromatic rings. The first-order valence-electron chi connectivity index (χ1n) is 11.7. The summed E-state index contributed by atoms with van der Waals surface area (Å²) in [5.41, 5.74) is 3.41. The number of carbonyl (C=O) groups excluding carboxylic acids is 2. The normalized spacial score (nSPS) is 10.6. The van der Waals surface area contributed by atoms with Crippen LogP contribution in [0.2, 0.25) is 0 Å². The van der Waals surface area contributed by atoms with Gasteiger partial charge in [-0.2, -0.15) is 5.10 Å². The smallest absolute Gasteiger partial charge is 0.343 e. The van der Waals surface area contributed by atoms with Crippen molar-refractivity contribution in [1.82, 2.24) is 5.43 Å². The fourth-order valence-corrected chi connectivity index (χ4v) is 3.06. The van der Waals surface area contributed by atoms with Gasteiger partial charge < -0.3 is 23.7 Å². The lowest BCUT2D eigenvalue weighted by molar-refractivity contribution is -0.123. The molecule has 0 fully saturated rings. The molecule has 0 saturated carbocycles. The van der Waals surface area contributed by atoms with Gasteiger partial charge in [-0.05, 0) is 78.7 Å². The van der Waals surface area contributed by atoms with Gasteiger partial charge in [-0.25, -0.2) is 10.2 Å². The summed E-state index contributed by atoms with van der Waals surface area (Å²) in [6, 6.07) is 18.6. The van der Waals surface area contributed by atoms with Crippen molar-refractivity contribution in [2.75, 3.05) is 27.4 Å². The number of nitrogens with zero attached hydrogens (tertiary/aromatic N) is 1. The second-order valence-corrected chi connectivity index (χ2v) is 7.78. The van der Waals surface area contributed by atoms with Gasteiger partial charge in [-0.3, -0.25) is 4.79 Å². The van der Waals surface area contributed by atoms with E-state index < -0.39 is 11.9 Å². The van der Waals surface area contributed by atoms with Crippen molar-refractivity contribution < 1.29 is 33.3 Å². The van der Waals surface area contributed by atoms with Gasteiger partial charge in [-0.1, -0.05) is 13.3 Å². The maximum atomic E-state index is 12.6. The molecule has 0 saturated heterocycles. The highest BCUT2D eigenvalue weighted by molar-refractivity contribution is 5.92. The van der Waals surface area contributed by atoms with E-state index in [9.17, 15) is 9.59 Å². The highest BCUT2D eigenvalue weighted by Gasteiger charge is 2.13. The number of hydrogen-bond donors (Lipinski definition) is 1. The molecule has 0 spiro atoms. The predicted octanol–water partition coefficient (Wildman–Crippen LogP) is 4.63. The zero-order valence-corrected chi connectivity index (χ0v) is 21.1. The number of rotatable bonds is 13. The molecule has 0 aromatic heterocycles. The molecule has 1 N–H and O–H groups in total. The van der Waals surface area contributed by atoms with Gasteiger partial charge in [-0.15, -0.1) is 0 Å². The molecule has 0 aliphatic rings. The first-order valence-corrected chi connectivity index (χ1v) is 11.7. The molecular formula is C28H30N2O7. The summed E-state index contributed by atoms with van der Waals surface area (Å²) in [5, 5.41) is 3.93. The van der Waals surface area contributed by atoms with Gasteiger partial charge in [0.05, 0.1) is 32.6 Å². The minimum absolute atomic E-state index is 0.201. The summed E-state index contributed by atoms with van der Waals surface area (Å²) in [6.45, 7) is 2.53. The van der Waals surface area contributed by atoms with Crippen molar-refractivity contribution in [3.63, 3.8) is 0 Å². The second kappa shape index (κ2) is 14.1. The summed E-state index contributed by atoms with van der Waals surface area (Å²) < 4.78 is 27.0. The number of carbonyl (C=O) groups is 2. The van der Waals surface area contributed by atoms with E-state index in [0.29, 0.717) is 40.7 Å². The molecule has 0 heterocycles. The Hall–Kier alpha value is -4.53. The van der Waals surface area contributed by atoms with Crippen LogP contribution in [0.15, 0.2) is 71.8 Å². The summed E-state index contributed by atoms with van der Waals surface area (Å²) in [5.74, 6) is 1.57. The zero-order chi connectivity index (χ0) is 26.5. The zero-order valence-electron chi connectivity index (χ0n) is 21.1. The molecule has 37 heavy (non-hydrogen) atoms. The first-order chi connectivity index (χ1) is 18.0. The SMILES string of the molecule is CCCCOc1ccc(C(=O)Oc2ccc(/C=N\NC(=O)COc3ccc(OC)cc3)cc2OC)cc1. The lowest BCUT2D eigenvalue weighted by Crippen LogP contribution is -2.24. The summed E-state index contributed by atoms with van der Waals surface area (Å²) in [6.07, 6.45) is 3.46. The molecule has 1 amide bonds. The second-order valence-electron chi connectivity index (χ2n) is 7.78. The molecule has 0 aliphatic heterocycles. The molecule has 0 bridgehead atoms. The van der Waals surface area contributed by atoms with E-state index in [2.05, 4.69) is 17.5 Å². The molecule has 194 valence electrons. The third kappa shape index (κ3) is 8.57. The standard InChI is InChI=1S/C28H30N2O7/c1-4-5-16-35-23-9-7-21(8-10-23)28(32)37-25-15-6-20(17-26(25)34-3)18-29-30-27(31)19-36-24-13-11-22(33-2)12-14-24/h6-15,17-18H,4-5,16,19H2,1-3H3,(H,30,31)/b29-18-. The Balaban J connectivity index is 1.51. The number of ether oxygens (including phenoxy) is 5. The fourth-order valence-electron chi connectivity index (χ4n) is 3.06. The van der Waals surface area contributed by atoms with Crippen LogP contribution in [0.25, 0.3) is 0 Å². The number of benzene rings is 3. The Morgan fingerprint density at radius 2 is 1.51 bits per heavy atom. The van der Waals surface area contributed by atoms with Crippen LogP contribution in [0.5, 0.6) is 28.7 Å². The van der Waals surface area contributed by atoms with Crippen LogP contribution in [0.3, 0.4) is 0 Å². The summed E-state index contributed by atoms with van der Waals surface area (Å²) in [4.78, 5) is 24.6. The minimum Gasteiger partial charge on any atom is -0.497 e. The van der Waals surface area contributed by atoms with E-state index in [1.807, 2.05) is 0 Å². The van der Waals surface area contributed by atoms with Crippen LogP contribution >= 0.6 is 0 Å². The monoisotopic (exact) mass is 506 g/mol. The maximum absolute atomic E-state index is 12.6. The number of methoxy groups -OCH3 is 2. The molecule has 0 radical (unpaired) electrons. The van der Waals surface area contributed by atoms with E-state index in [4.69, 9.17) is 23.7 Å². The molecule has 3 aromatic carbocycles. The number of amides is 1. The van der Waals surface area contributed by atoms with Crippen molar-refractivity contribution in [3.05, 3.63) is 77.9 Å². The van der Waals surface area contributed by atoms with E-state index in [0.717, 1.165) is 12.8 Å². The van der Waals surface area contributed by atoms with Crippen molar-refractivity contribution in [1.29, 1.82) is 0 Å². The summed E-state index contributed by atoms with van der Waals surface area (Å²) in [7, 11) is 3.04.